The Bertz CT molecular complexity index is 583. The first-order chi connectivity index (χ1) is 9.11. The number of nitrogens with zero attached hydrogens (tertiary/aromatic N) is 3. The maximum absolute atomic E-state index is 12.1. The Morgan fingerprint density at radius 2 is 2.25 bits per heavy atom. The van der Waals surface area contributed by atoms with E-state index in [-0.39, 0.29) is 24.4 Å². The molecule has 6 nitrogen and oxygen atoms in total. The molecule has 0 radical (unpaired) electrons. The van der Waals surface area contributed by atoms with E-state index in [1.807, 2.05) is 26.8 Å². The van der Waals surface area contributed by atoms with Crippen LogP contribution in [-0.2, 0) is 0 Å². The van der Waals surface area contributed by atoms with E-state index in [9.17, 15) is 4.79 Å². The first kappa shape index (κ1) is 16.4. The molecule has 0 aromatic carbocycles. The van der Waals surface area contributed by atoms with Crippen molar-refractivity contribution in [3.05, 3.63) is 29.7 Å². The van der Waals surface area contributed by atoms with E-state index in [1.165, 1.54) is 0 Å². The fraction of sp³-hybridized carbons (Fsp3) is 0.462. The Labute approximate surface area is 124 Å². The minimum Gasteiger partial charge on any atom is -0.350 e. The third-order valence-electron chi connectivity index (χ3n) is 2.87. The summed E-state index contributed by atoms with van der Waals surface area (Å²) >= 11 is 0. The molecule has 110 valence electrons. The molecule has 0 saturated heterocycles. The number of likely N-dealkylation sites (N-methyl/N-ethyl adjacent to an activating group) is 1. The summed E-state index contributed by atoms with van der Waals surface area (Å²) in [4.78, 5) is 16.5. The van der Waals surface area contributed by atoms with Crippen molar-refractivity contribution in [3.8, 4) is 0 Å². The summed E-state index contributed by atoms with van der Waals surface area (Å²) in [5, 5.41) is 10.2. The molecule has 1 atom stereocenters. The van der Waals surface area contributed by atoms with Gasteiger partial charge < -0.3 is 10.6 Å². The Morgan fingerprint density at radius 1 is 1.50 bits per heavy atom. The van der Waals surface area contributed by atoms with Gasteiger partial charge in [-0.25, -0.2) is 9.50 Å². The van der Waals surface area contributed by atoms with E-state index in [0.29, 0.717) is 17.8 Å². The first-order valence-electron chi connectivity index (χ1n) is 6.44. The van der Waals surface area contributed by atoms with Crippen molar-refractivity contribution < 1.29 is 4.79 Å². The zero-order chi connectivity index (χ0) is 13.8. The van der Waals surface area contributed by atoms with Gasteiger partial charge in [-0.3, -0.25) is 4.79 Å². The molecule has 2 aromatic rings. The summed E-state index contributed by atoms with van der Waals surface area (Å²) in [5.74, 6) is -0.141. The third-order valence-corrected chi connectivity index (χ3v) is 2.87. The molecule has 0 saturated carbocycles. The molecule has 20 heavy (non-hydrogen) atoms. The number of rotatable bonds is 5. The second kappa shape index (κ2) is 7.21. The zero-order valence-corrected chi connectivity index (χ0v) is 12.7. The highest BCUT2D eigenvalue weighted by molar-refractivity contribution is 5.99. The van der Waals surface area contributed by atoms with Crippen LogP contribution in [0.3, 0.4) is 0 Å². The van der Waals surface area contributed by atoms with E-state index in [4.69, 9.17) is 0 Å². The largest absolute Gasteiger partial charge is 0.350 e. The lowest BCUT2D eigenvalue weighted by Gasteiger charge is -2.12. The van der Waals surface area contributed by atoms with Gasteiger partial charge in [0.05, 0.1) is 6.20 Å². The van der Waals surface area contributed by atoms with Crippen LogP contribution in [0.1, 0.15) is 29.9 Å². The summed E-state index contributed by atoms with van der Waals surface area (Å²) in [7, 11) is 0. The van der Waals surface area contributed by atoms with Crippen molar-refractivity contribution in [2.75, 3.05) is 13.1 Å². The highest BCUT2D eigenvalue weighted by Crippen LogP contribution is 2.08. The zero-order valence-electron chi connectivity index (χ0n) is 11.9. The average Bonchev–Trinajstić information content (AvgIpc) is 2.79. The molecule has 2 heterocycles. The molecule has 0 spiro atoms. The van der Waals surface area contributed by atoms with Crippen LogP contribution in [0.5, 0.6) is 0 Å². The number of hydrogen-bond acceptors (Lipinski definition) is 4. The molecular weight excluding hydrogens is 278 g/mol. The molecule has 2 aromatic heterocycles. The maximum Gasteiger partial charge on any atom is 0.256 e. The normalized spacial score (nSPS) is 11.9. The minimum absolute atomic E-state index is 0. The van der Waals surface area contributed by atoms with Gasteiger partial charge in [-0.05, 0) is 26.5 Å². The number of halogens is 1. The van der Waals surface area contributed by atoms with Crippen LogP contribution in [-0.4, -0.2) is 39.6 Å². The summed E-state index contributed by atoms with van der Waals surface area (Å²) in [5.41, 5.74) is 1.96. The highest BCUT2D eigenvalue weighted by Gasteiger charge is 2.14. The van der Waals surface area contributed by atoms with Crippen molar-refractivity contribution in [2.24, 2.45) is 0 Å². The number of nitrogens with one attached hydrogen (secondary N) is 2. The van der Waals surface area contributed by atoms with Crippen molar-refractivity contribution in [3.63, 3.8) is 0 Å². The van der Waals surface area contributed by atoms with E-state index >= 15 is 0 Å². The third kappa shape index (κ3) is 3.68. The lowest BCUT2D eigenvalue weighted by Crippen LogP contribution is -2.38. The molecule has 0 aliphatic carbocycles. The summed E-state index contributed by atoms with van der Waals surface area (Å²) < 4.78 is 1.61. The van der Waals surface area contributed by atoms with Crippen LogP contribution in [0, 0.1) is 6.92 Å². The number of aryl methyl sites for hydroxylation is 1. The van der Waals surface area contributed by atoms with Gasteiger partial charge in [0.25, 0.3) is 5.91 Å². The predicted octanol–water partition coefficient (Wildman–Crippen LogP) is 1.19. The number of carbonyl (C=O) groups is 1. The molecule has 2 N–H and O–H groups in total. The molecule has 7 heteroatoms. The Balaban J connectivity index is 0.00000200. The lowest BCUT2D eigenvalue weighted by atomic mass is 10.3. The SMILES string of the molecule is CCN[C@H](C)CNC(=O)c1cnn2ccc(C)nc12.Cl. The van der Waals surface area contributed by atoms with Crippen molar-refractivity contribution in [1.82, 2.24) is 25.2 Å². The number of aromatic nitrogens is 3. The van der Waals surface area contributed by atoms with E-state index in [0.717, 1.165) is 12.2 Å². The van der Waals surface area contributed by atoms with Crippen LogP contribution in [0.25, 0.3) is 5.65 Å². The first-order valence-corrected chi connectivity index (χ1v) is 6.44. The van der Waals surface area contributed by atoms with Crippen LogP contribution < -0.4 is 10.6 Å². The topological polar surface area (TPSA) is 71.3 Å². The van der Waals surface area contributed by atoms with Gasteiger partial charge >= 0.3 is 0 Å². The Morgan fingerprint density at radius 3 is 2.95 bits per heavy atom. The Hall–Kier alpha value is -1.66. The van der Waals surface area contributed by atoms with Crippen LogP contribution in [0.2, 0.25) is 0 Å². The van der Waals surface area contributed by atoms with Crippen molar-refractivity contribution >= 4 is 24.0 Å². The van der Waals surface area contributed by atoms with Gasteiger partial charge in [0.1, 0.15) is 5.56 Å². The van der Waals surface area contributed by atoms with Crippen molar-refractivity contribution in [1.29, 1.82) is 0 Å². The van der Waals surface area contributed by atoms with E-state index in [1.54, 1.807) is 16.9 Å². The summed E-state index contributed by atoms with van der Waals surface area (Å²) in [6, 6.07) is 2.10. The number of amides is 1. The molecule has 0 aliphatic rings. The van der Waals surface area contributed by atoms with Crippen LogP contribution in [0.4, 0.5) is 0 Å². The van der Waals surface area contributed by atoms with E-state index in [2.05, 4.69) is 20.7 Å². The quantitative estimate of drug-likeness (QED) is 0.869. The van der Waals surface area contributed by atoms with Gasteiger partial charge in [0.15, 0.2) is 5.65 Å². The van der Waals surface area contributed by atoms with E-state index < -0.39 is 0 Å². The molecular formula is C13H20ClN5O. The van der Waals surface area contributed by atoms with Gasteiger partial charge in [-0.15, -0.1) is 12.4 Å². The second-order valence-electron chi connectivity index (χ2n) is 4.56. The standard InChI is InChI=1S/C13H19N5O.ClH/c1-4-14-10(3)7-15-13(19)11-8-16-18-6-5-9(2)17-12(11)18;/h5-6,8,10,14H,4,7H2,1-3H3,(H,15,19);1H/t10-;/m1./s1. The molecule has 2 rings (SSSR count). The maximum atomic E-state index is 12.1. The van der Waals surface area contributed by atoms with Gasteiger partial charge in [0.2, 0.25) is 0 Å². The Kier molecular flexibility index (Phi) is 5.91. The highest BCUT2D eigenvalue weighted by atomic mass is 35.5. The molecule has 0 aliphatic heterocycles. The smallest absolute Gasteiger partial charge is 0.256 e. The number of carbonyl (C=O) groups excluding carboxylic acids is 1. The molecule has 0 fully saturated rings. The van der Waals surface area contributed by atoms with Gasteiger partial charge in [0, 0.05) is 24.5 Å². The van der Waals surface area contributed by atoms with Gasteiger partial charge in [-0.2, -0.15) is 5.10 Å². The fourth-order valence-electron chi connectivity index (χ4n) is 1.88. The summed E-state index contributed by atoms with van der Waals surface area (Å²) in [6.07, 6.45) is 3.35. The molecule has 0 bridgehead atoms. The average molecular weight is 298 g/mol. The van der Waals surface area contributed by atoms with Crippen LogP contribution >= 0.6 is 12.4 Å². The predicted molar refractivity (Wildman–Crippen MR) is 80.4 cm³/mol. The van der Waals surface area contributed by atoms with Crippen LogP contribution in [0.15, 0.2) is 18.5 Å². The van der Waals surface area contributed by atoms with Crippen molar-refractivity contribution in [2.45, 2.75) is 26.8 Å². The fourth-order valence-corrected chi connectivity index (χ4v) is 1.88. The molecule has 0 unspecified atom stereocenters. The number of fused-ring (bicyclic) bond motifs is 1. The monoisotopic (exact) mass is 297 g/mol. The summed E-state index contributed by atoms with van der Waals surface area (Å²) in [6.45, 7) is 7.42. The lowest BCUT2D eigenvalue weighted by molar-refractivity contribution is 0.0951. The minimum atomic E-state index is -0.141. The van der Waals surface area contributed by atoms with Gasteiger partial charge in [-0.1, -0.05) is 6.92 Å². The molecule has 1 amide bonds. The number of hydrogen-bond donors (Lipinski definition) is 2. The second-order valence-corrected chi connectivity index (χ2v) is 4.56.